The quantitative estimate of drug-likeness (QED) is 0.629. The van der Waals surface area contributed by atoms with Gasteiger partial charge >= 0.3 is 5.97 Å². The second-order valence-corrected chi connectivity index (χ2v) is 5.47. The van der Waals surface area contributed by atoms with Gasteiger partial charge in [0.2, 0.25) is 0 Å². The Morgan fingerprint density at radius 1 is 1.27 bits per heavy atom. The summed E-state index contributed by atoms with van der Waals surface area (Å²) in [5.74, 6) is 0.0179. The summed E-state index contributed by atoms with van der Waals surface area (Å²) >= 11 is 1.50. The molecular weight excluding hydrogens is 300 g/mol. The molecule has 0 radical (unpaired) electrons. The first-order valence-corrected chi connectivity index (χ1v) is 7.47. The van der Waals surface area contributed by atoms with E-state index in [0.717, 1.165) is 10.6 Å². The molecule has 22 heavy (non-hydrogen) atoms. The number of thiophene rings is 1. The number of benzene rings is 1. The van der Waals surface area contributed by atoms with Gasteiger partial charge in [0.25, 0.3) is 0 Å². The van der Waals surface area contributed by atoms with Crippen LogP contribution in [0.4, 0.5) is 16.6 Å². The number of nitrogens with one attached hydrogen (secondary N) is 2. The summed E-state index contributed by atoms with van der Waals surface area (Å²) in [6.45, 7) is 0.183. The van der Waals surface area contributed by atoms with Crippen molar-refractivity contribution >= 4 is 33.9 Å². The first-order valence-electron chi connectivity index (χ1n) is 6.59. The summed E-state index contributed by atoms with van der Waals surface area (Å²) in [5, 5.41) is 12.4. The third-order valence-corrected chi connectivity index (χ3v) is 3.76. The summed E-state index contributed by atoms with van der Waals surface area (Å²) in [4.78, 5) is 12.3. The largest absolute Gasteiger partial charge is 0.457 e. The molecule has 0 bridgehead atoms. The standard InChI is InChI=1S/C15H14N4O2S/c16-13-12(14(19-18-13)17-11-7-4-8-22-11)15(20)21-9-10-5-2-1-3-6-10/h1-8H,9H2,(H4,16,17,18,19). The van der Waals surface area contributed by atoms with Crippen LogP contribution in [-0.4, -0.2) is 16.2 Å². The lowest BCUT2D eigenvalue weighted by molar-refractivity contribution is 0.0475. The van der Waals surface area contributed by atoms with Gasteiger partial charge in [0.1, 0.15) is 18.0 Å². The minimum atomic E-state index is -0.519. The topological polar surface area (TPSA) is 93.0 Å². The minimum Gasteiger partial charge on any atom is -0.457 e. The highest BCUT2D eigenvalue weighted by Gasteiger charge is 2.21. The van der Waals surface area contributed by atoms with E-state index in [-0.39, 0.29) is 18.0 Å². The van der Waals surface area contributed by atoms with Crippen LogP contribution >= 0.6 is 11.3 Å². The molecule has 0 amide bonds. The molecular formula is C15H14N4O2S. The van der Waals surface area contributed by atoms with Crippen LogP contribution in [0.3, 0.4) is 0 Å². The van der Waals surface area contributed by atoms with E-state index in [4.69, 9.17) is 10.5 Å². The number of esters is 1. The third-order valence-electron chi connectivity index (χ3n) is 2.97. The number of ether oxygens (including phenoxy) is 1. The van der Waals surface area contributed by atoms with Gasteiger partial charge in [0.05, 0.1) is 5.00 Å². The highest BCUT2D eigenvalue weighted by Crippen LogP contribution is 2.26. The molecule has 0 unspecified atom stereocenters. The Morgan fingerprint density at radius 3 is 2.82 bits per heavy atom. The van der Waals surface area contributed by atoms with Gasteiger partial charge in [-0.1, -0.05) is 30.3 Å². The summed E-state index contributed by atoms with van der Waals surface area (Å²) in [6, 6.07) is 13.2. The van der Waals surface area contributed by atoms with Crippen LogP contribution in [0.2, 0.25) is 0 Å². The Hall–Kier alpha value is -2.80. The molecule has 0 fully saturated rings. The van der Waals surface area contributed by atoms with Crippen molar-refractivity contribution in [2.75, 3.05) is 11.1 Å². The molecule has 0 aliphatic heterocycles. The maximum atomic E-state index is 12.3. The van der Waals surface area contributed by atoms with E-state index in [1.54, 1.807) is 0 Å². The molecule has 6 nitrogen and oxygen atoms in total. The summed E-state index contributed by atoms with van der Waals surface area (Å²) < 4.78 is 5.30. The first-order chi connectivity index (χ1) is 10.7. The Kier molecular flexibility index (Phi) is 4.06. The molecule has 112 valence electrons. The molecule has 7 heteroatoms. The van der Waals surface area contributed by atoms with E-state index in [2.05, 4.69) is 15.5 Å². The lowest BCUT2D eigenvalue weighted by atomic mass is 10.2. The van der Waals surface area contributed by atoms with Gasteiger partial charge in [0.15, 0.2) is 5.82 Å². The van der Waals surface area contributed by atoms with Crippen molar-refractivity contribution in [3.63, 3.8) is 0 Å². The van der Waals surface area contributed by atoms with Crippen LogP contribution < -0.4 is 11.1 Å². The monoisotopic (exact) mass is 314 g/mol. The maximum Gasteiger partial charge on any atom is 0.346 e. The normalized spacial score (nSPS) is 10.4. The number of aromatic amines is 1. The van der Waals surface area contributed by atoms with E-state index in [0.29, 0.717) is 5.82 Å². The molecule has 0 aliphatic carbocycles. The van der Waals surface area contributed by atoms with E-state index in [1.165, 1.54) is 11.3 Å². The van der Waals surface area contributed by atoms with Crippen molar-refractivity contribution in [1.82, 2.24) is 10.2 Å². The predicted octanol–water partition coefficient (Wildman–Crippen LogP) is 3.15. The van der Waals surface area contributed by atoms with Crippen LogP contribution in [0.15, 0.2) is 47.8 Å². The molecule has 1 aromatic carbocycles. The number of aromatic nitrogens is 2. The van der Waals surface area contributed by atoms with E-state index >= 15 is 0 Å². The maximum absolute atomic E-state index is 12.3. The number of rotatable bonds is 5. The molecule has 2 aromatic heterocycles. The number of carbonyl (C=O) groups is 1. The Morgan fingerprint density at radius 2 is 2.09 bits per heavy atom. The fourth-order valence-corrected chi connectivity index (χ4v) is 2.53. The molecule has 0 saturated carbocycles. The Balaban J connectivity index is 1.73. The molecule has 3 rings (SSSR count). The van der Waals surface area contributed by atoms with Crippen LogP contribution in [0.25, 0.3) is 0 Å². The van der Waals surface area contributed by atoms with Gasteiger partial charge in [0, 0.05) is 0 Å². The van der Waals surface area contributed by atoms with Crippen molar-refractivity contribution in [1.29, 1.82) is 0 Å². The number of nitrogens with two attached hydrogens (primary N) is 1. The average Bonchev–Trinajstić information content (AvgIpc) is 3.17. The van der Waals surface area contributed by atoms with Crippen LogP contribution in [0, 0.1) is 0 Å². The second-order valence-electron chi connectivity index (χ2n) is 4.52. The Labute approximate surface area is 130 Å². The number of carbonyl (C=O) groups excluding carboxylic acids is 1. The third kappa shape index (κ3) is 3.09. The molecule has 3 aromatic rings. The Bertz CT molecular complexity index is 753. The van der Waals surface area contributed by atoms with E-state index < -0.39 is 5.97 Å². The number of hydrogen-bond donors (Lipinski definition) is 3. The van der Waals surface area contributed by atoms with Gasteiger partial charge in [-0.05, 0) is 23.1 Å². The zero-order valence-electron chi connectivity index (χ0n) is 11.6. The summed E-state index contributed by atoms with van der Waals surface area (Å²) in [7, 11) is 0. The van der Waals surface area contributed by atoms with Gasteiger partial charge < -0.3 is 15.8 Å². The minimum absolute atomic E-state index is 0.178. The highest BCUT2D eigenvalue weighted by molar-refractivity contribution is 7.14. The van der Waals surface area contributed by atoms with Gasteiger partial charge in [-0.15, -0.1) is 11.3 Å². The van der Waals surface area contributed by atoms with Gasteiger partial charge in [-0.25, -0.2) is 4.79 Å². The zero-order chi connectivity index (χ0) is 15.4. The van der Waals surface area contributed by atoms with Crippen LogP contribution in [0.1, 0.15) is 15.9 Å². The van der Waals surface area contributed by atoms with Crippen molar-refractivity contribution in [2.24, 2.45) is 0 Å². The van der Waals surface area contributed by atoms with Crippen molar-refractivity contribution in [3.05, 3.63) is 59.0 Å². The first kappa shape index (κ1) is 14.2. The van der Waals surface area contributed by atoms with Gasteiger partial charge in [-0.2, -0.15) is 5.10 Å². The predicted molar refractivity (Wildman–Crippen MR) is 86.2 cm³/mol. The lowest BCUT2D eigenvalue weighted by Gasteiger charge is -2.06. The molecule has 0 spiro atoms. The van der Waals surface area contributed by atoms with Gasteiger partial charge in [-0.3, -0.25) is 5.10 Å². The van der Waals surface area contributed by atoms with E-state index in [9.17, 15) is 4.79 Å². The number of H-pyrrole nitrogens is 1. The van der Waals surface area contributed by atoms with Crippen molar-refractivity contribution in [3.8, 4) is 0 Å². The van der Waals surface area contributed by atoms with Crippen LogP contribution in [0.5, 0.6) is 0 Å². The fraction of sp³-hybridized carbons (Fsp3) is 0.0667. The number of nitrogen functional groups attached to an aromatic ring is 1. The molecule has 2 heterocycles. The number of hydrogen-bond acceptors (Lipinski definition) is 6. The molecule has 0 aliphatic rings. The smallest absolute Gasteiger partial charge is 0.346 e. The SMILES string of the molecule is Nc1[nH]nc(Nc2cccs2)c1C(=O)OCc1ccccc1. The molecule has 4 N–H and O–H groups in total. The second kappa shape index (κ2) is 6.31. The van der Waals surface area contributed by atoms with Crippen molar-refractivity contribution < 1.29 is 9.53 Å². The fourth-order valence-electron chi connectivity index (χ4n) is 1.91. The number of nitrogens with zero attached hydrogens (tertiary/aromatic N) is 1. The molecule has 0 atom stereocenters. The number of anilines is 3. The lowest BCUT2D eigenvalue weighted by Crippen LogP contribution is -2.09. The molecule has 0 saturated heterocycles. The summed E-state index contributed by atoms with van der Waals surface area (Å²) in [6.07, 6.45) is 0. The van der Waals surface area contributed by atoms with Crippen LogP contribution in [-0.2, 0) is 11.3 Å². The average molecular weight is 314 g/mol. The zero-order valence-corrected chi connectivity index (χ0v) is 12.4. The highest BCUT2D eigenvalue weighted by atomic mass is 32.1. The van der Waals surface area contributed by atoms with Crippen molar-refractivity contribution in [2.45, 2.75) is 6.61 Å². The summed E-state index contributed by atoms with van der Waals surface area (Å²) in [5.41, 5.74) is 6.91. The van der Waals surface area contributed by atoms with E-state index in [1.807, 2.05) is 47.8 Å².